The van der Waals surface area contributed by atoms with Gasteiger partial charge in [0.05, 0.1) is 28.4 Å². The van der Waals surface area contributed by atoms with Crippen LogP contribution in [0, 0.1) is 13.8 Å². The molecule has 0 aromatic heterocycles. The molecule has 190 valence electrons. The Kier molecular flexibility index (Phi) is 18.8. The summed E-state index contributed by atoms with van der Waals surface area (Å²) in [6.45, 7) is 12.1. The number of hydrogen-bond acceptors (Lipinski definition) is 4. The zero-order valence-electron chi connectivity index (χ0n) is 22.1. The maximum atomic E-state index is 5.36. The van der Waals surface area contributed by atoms with Crippen LogP contribution in [0.1, 0.15) is 57.4 Å². The van der Waals surface area contributed by atoms with Gasteiger partial charge in [0.1, 0.15) is 11.5 Å². The summed E-state index contributed by atoms with van der Waals surface area (Å²) in [6, 6.07) is 20.2. The number of para-hydroxylation sites is 2. The van der Waals surface area contributed by atoms with E-state index in [9.17, 15) is 0 Å². The molecule has 0 spiro atoms. The largest absolute Gasteiger partial charge is 0.496 e. The van der Waals surface area contributed by atoms with Gasteiger partial charge in [-0.05, 0) is 66.8 Å². The second kappa shape index (κ2) is 19.3. The molecule has 4 heteroatoms. The molecule has 0 saturated carbocycles. The molecule has 0 unspecified atom stereocenters. The lowest BCUT2D eigenvalue weighted by Gasteiger charge is -2.10. The molecule has 0 saturated heterocycles. The van der Waals surface area contributed by atoms with Crippen molar-refractivity contribution in [3.8, 4) is 23.0 Å². The average Bonchev–Trinajstić information content (AvgIpc) is 2.89. The van der Waals surface area contributed by atoms with Gasteiger partial charge in [-0.15, -0.1) is 0 Å². The highest BCUT2D eigenvalue weighted by Crippen LogP contribution is 2.25. The average molecular weight is 471 g/mol. The van der Waals surface area contributed by atoms with Crippen LogP contribution in [0.4, 0.5) is 0 Å². The van der Waals surface area contributed by atoms with Gasteiger partial charge in [0, 0.05) is 0 Å². The normalized spacial score (nSPS) is 8.76. The van der Waals surface area contributed by atoms with E-state index in [-0.39, 0.29) is 7.43 Å². The van der Waals surface area contributed by atoms with Gasteiger partial charge in [-0.1, -0.05) is 71.5 Å². The van der Waals surface area contributed by atoms with Gasteiger partial charge in [-0.2, -0.15) is 0 Å². The van der Waals surface area contributed by atoms with Crippen LogP contribution in [0.15, 0.2) is 60.7 Å². The van der Waals surface area contributed by atoms with Crippen molar-refractivity contribution in [3.63, 3.8) is 0 Å². The molecule has 0 heterocycles. The van der Waals surface area contributed by atoms with Crippen molar-refractivity contribution in [1.82, 2.24) is 0 Å². The van der Waals surface area contributed by atoms with E-state index in [2.05, 4.69) is 50.2 Å². The summed E-state index contributed by atoms with van der Waals surface area (Å²) in [7, 11) is 6.66. The van der Waals surface area contributed by atoms with Crippen molar-refractivity contribution < 1.29 is 18.9 Å². The smallest absolute Gasteiger partial charge is 0.160 e. The molecule has 0 bridgehead atoms. The predicted molar refractivity (Wildman–Crippen MR) is 147 cm³/mol. The van der Waals surface area contributed by atoms with Gasteiger partial charge in [-0.25, -0.2) is 0 Å². The topological polar surface area (TPSA) is 36.9 Å². The van der Waals surface area contributed by atoms with Gasteiger partial charge in [-0.3, -0.25) is 0 Å². The Hall–Kier alpha value is -3.14. The summed E-state index contributed by atoms with van der Waals surface area (Å²) in [5.74, 6) is 3.42. The highest BCUT2D eigenvalue weighted by atomic mass is 16.5. The standard InChI is InChI=1S/C17H20O2.C8H10O2.2C2H6.CH4/c1-12-5-7-14(10-16(12)18-3)9-15-8-6-13(2)17(11-15)19-4;1-9-7-5-3-4-6-8(7)10-2;2*1-2;/h5-8,10-11H,9H2,1-4H3;3-6H,1-2H3;2*1-2H3;1H4. The van der Waals surface area contributed by atoms with Gasteiger partial charge >= 0.3 is 0 Å². The van der Waals surface area contributed by atoms with E-state index in [0.717, 1.165) is 40.5 Å². The van der Waals surface area contributed by atoms with Crippen molar-refractivity contribution >= 4 is 0 Å². The molecule has 0 atom stereocenters. The van der Waals surface area contributed by atoms with E-state index in [4.69, 9.17) is 18.9 Å². The van der Waals surface area contributed by atoms with E-state index in [1.807, 2.05) is 52.0 Å². The SMILES string of the molecule is C.CC.CC.COc1cc(Cc2ccc(C)c(OC)c2)ccc1C.COc1ccccc1OC. The Balaban J connectivity index is 0. The number of hydrogen-bond donors (Lipinski definition) is 0. The van der Waals surface area contributed by atoms with E-state index < -0.39 is 0 Å². The maximum Gasteiger partial charge on any atom is 0.160 e. The van der Waals surface area contributed by atoms with Crippen LogP contribution >= 0.6 is 0 Å². The fourth-order valence-electron chi connectivity index (χ4n) is 2.97. The fraction of sp³-hybridized carbons (Fsp3) is 0.400. The van der Waals surface area contributed by atoms with E-state index >= 15 is 0 Å². The summed E-state index contributed by atoms with van der Waals surface area (Å²) in [5.41, 5.74) is 4.81. The Labute approximate surface area is 208 Å². The first-order valence-electron chi connectivity index (χ1n) is 11.5. The lowest BCUT2D eigenvalue weighted by atomic mass is 10.0. The van der Waals surface area contributed by atoms with Crippen LogP contribution in [0.2, 0.25) is 0 Å². The molecule has 0 aliphatic heterocycles. The van der Waals surface area contributed by atoms with Crippen LogP contribution < -0.4 is 18.9 Å². The Morgan fingerprint density at radius 3 is 1.12 bits per heavy atom. The van der Waals surface area contributed by atoms with Gasteiger partial charge in [0.2, 0.25) is 0 Å². The minimum absolute atomic E-state index is 0. The van der Waals surface area contributed by atoms with Crippen molar-refractivity contribution in [2.24, 2.45) is 0 Å². The van der Waals surface area contributed by atoms with Crippen LogP contribution in [0.5, 0.6) is 23.0 Å². The second-order valence-electron chi connectivity index (χ2n) is 6.64. The predicted octanol–water partition coefficient (Wildman–Crippen LogP) is 8.30. The first-order valence-corrected chi connectivity index (χ1v) is 11.5. The summed E-state index contributed by atoms with van der Waals surface area (Å²) < 4.78 is 20.7. The Morgan fingerprint density at radius 1 is 0.500 bits per heavy atom. The van der Waals surface area contributed by atoms with E-state index in [1.165, 1.54) is 11.1 Å². The van der Waals surface area contributed by atoms with Crippen molar-refractivity contribution in [1.29, 1.82) is 0 Å². The quantitative estimate of drug-likeness (QED) is 0.363. The second-order valence-corrected chi connectivity index (χ2v) is 6.64. The number of aryl methyl sites for hydroxylation is 2. The summed E-state index contributed by atoms with van der Waals surface area (Å²) >= 11 is 0. The Morgan fingerprint density at radius 2 is 0.824 bits per heavy atom. The fourth-order valence-corrected chi connectivity index (χ4v) is 2.97. The number of ether oxygens (including phenoxy) is 4. The van der Waals surface area contributed by atoms with Crippen LogP contribution in [0.25, 0.3) is 0 Å². The molecule has 3 aromatic rings. The molecule has 0 amide bonds. The van der Waals surface area contributed by atoms with E-state index in [0.29, 0.717) is 0 Å². The third-order valence-electron chi connectivity index (χ3n) is 4.64. The van der Waals surface area contributed by atoms with Crippen LogP contribution in [0.3, 0.4) is 0 Å². The molecular weight excluding hydrogens is 424 g/mol. The summed E-state index contributed by atoms with van der Waals surface area (Å²) in [6.07, 6.45) is 0.882. The third-order valence-corrected chi connectivity index (χ3v) is 4.64. The molecule has 0 N–H and O–H groups in total. The minimum Gasteiger partial charge on any atom is -0.496 e. The summed E-state index contributed by atoms with van der Waals surface area (Å²) in [5, 5.41) is 0. The lowest BCUT2D eigenvalue weighted by molar-refractivity contribution is 0.355. The minimum atomic E-state index is 0. The van der Waals surface area contributed by atoms with Gasteiger partial charge in [0.25, 0.3) is 0 Å². The lowest BCUT2D eigenvalue weighted by Crippen LogP contribution is -1.94. The Bertz CT molecular complexity index is 845. The van der Waals surface area contributed by atoms with Gasteiger partial charge in [0.15, 0.2) is 11.5 Å². The zero-order chi connectivity index (χ0) is 25.2. The van der Waals surface area contributed by atoms with Crippen LogP contribution in [-0.4, -0.2) is 28.4 Å². The van der Waals surface area contributed by atoms with Gasteiger partial charge < -0.3 is 18.9 Å². The summed E-state index contributed by atoms with van der Waals surface area (Å²) in [4.78, 5) is 0. The first kappa shape index (κ1) is 33.0. The molecule has 3 aromatic carbocycles. The molecule has 0 aliphatic carbocycles. The van der Waals surface area contributed by atoms with Crippen LogP contribution in [-0.2, 0) is 6.42 Å². The van der Waals surface area contributed by atoms with E-state index in [1.54, 1.807) is 28.4 Å². The third kappa shape index (κ3) is 10.7. The highest BCUT2D eigenvalue weighted by Gasteiger charge is 2.04. The molecule has 0 aliphatic rings. The zero-order valence-corrected chi connectivity index (χ0v) is 22.1. The number of methoxy groups -OCH3 is 4. The highest BCUT2D eigenvalue weighted by molar-refractivity contribution is 5.42. The van der Waals surface area contributed by atoms with Crippen molar-refractivity contribution in [3.05, 3.63) is 82.9 Å². The molecular formula is C30H46O4. The molecule has 3 rings (SSSR count). The van der Waals surface area contributed by atoms with Crippen molar-refractivity contribution in [2.45, 2.75) is 55.4 Å². The molecule has 0 radical (unpaired) electrons. The molecule has 34 heavy (non-hydrogen) atoms. The first-order chi connectivity index (χ1) is 16.0. The maximum absolute atomic E-state index is 5.36. The molecule has 0 fully saturated rings. The number of rotatable bonds is 6. The number of benzene rings is 3. The molecule has 4 nitrogen and oxygen atoms in total. The van der Waals surface area contributed by atoms with Crippen molar-refractivity contribution in [2.75, 3.05) is 28.4 Å². The monoisotopic (exact) mass is 470 g/mol.